The Labute approximate surface area is 217 Å². The molecule has 1 atom stereocenters. The van der Waals surface area contributed by atoms with E-state index in [0.717, 1.165) is 65.4 Å². The largest absolute Gasteiger partial charge is 0.456 e. The fourth-order valence-corrected chi connectivity index (χ4v) is 5.88. The molecule has 5 aromatic carbocycles. The number of hydrogen-bond acceptors (Lipinski definition) is 2. The molecule has 172 valence electrons. The number of halogens is 1. The lowest BCUT2D eigenvalue weighted by Gasteiger charge is -2.33. The second-order valence-corrected chi connectivity index (χ2v) is 10.1. The van der Waals surface area contributed by atoms with Crippen LogP contribution in [0.2, 0.25) is 0 Å². The van der Waals surface area contributed by atoms with Gasteiger partial charge in [0.05, 0.1) is 0 Å². The maximum Gasteiger partial charge on any atom is 0.142 e. The van der Waals surface area contributed by atoms with Gasteiger partial charge in [-0.2, -0.15) is 0 Å². The Morgan fingerprint density at radius 1 is 0.583 bits per heavy atom. The molecule has 0 amide bonds. The molecular weight excluding hydrogens is 508 g/mol. The third kappa shape index (κ3) is 3.13. The Bertz CT molecular complexity index is 1830. The van der Waals surface area contributed by atoms with Gasteiger partial charge >= 0.3 is 0 Å². The van der Waals surface area contributed by atoms with E-state index < -0.39 is 5.60 Å². The van der Waals surface area contributed by atoms with Crippen LogP contribution in [0.15, 0.2) is 118 Å². The summed E-state index contributed by atoms with van der Waals surface area (Å²) in [5.74, 6) is 0. The molecule has 3 heteroatoms. The molecule has 1 aliphatic carbocycles. The molecule has 0 radical (unpaired) electrons. The number of para-hydroxylation sites is 1. The van der Waals surface area contributed by atoms with Gasteiger partial charge in [0.1, 0.15) is 16.8 Å². The fourth-order valence-electron chi connectivity index (χ4n) is 5.52. The Kier molecular flexibility index (Phi) is 4.78. The highest BCUT2D eigenvalue weighted by molar-refractivity contribution is 9.10. The van der Waals surface area contributed by atoms with Crippen molar-refractivity contribution in [3.8, 4) is 11.1 Å². The topological polar surface area (TPSA) is 33.4 Å². The minimum Gasteiger partial charge on any atom is -0.456 e. The quantitative estimate of drug-likeness (QED) is 0.243. The maximum absolute atomic E-state index is 12.9. The summed E-state index contributed by atoms with van der Waals surface area (Å²) in [6.45, 7) is 0. The van der Waals surface area contributed by atoms with Crippen LogP contribution in [0.4, 0.5) is 0 Å². The Morgan fingerprint density at radius 2 is 1.28 bits per heavy atom. The highest BCUT2D eigenvalue weighted by Gasteiger charge is 2.39. The lowest BCUT2D eigenvalue weighted by Crippen LogP contribution is -2.31. The van der Waals surface area contributed by atoms with Gasteiger partial charge in [-0.05, 0) is 58.1 Å². The summed E-state index contributed by atoms with van der Waals surface area (Å²) in [5, 5.41) is 15.0. The molecule has 0 fully saturated rings. The minimum atomic E-state index is -1.36. The fraction of sp³-hybridized carbons (Fsp3) is 0.0303. The lowest BCUT2D eigenvalue weighted by molar-refractivity contribution is 0.126. The average molecular weight is 529 g/mol. The molecule has 0 bridgehead atoms. The third-order valence-corrected chi connectivity index (χ3v) is 7.70. The van der Waals surface area contributed by atoms with Crippen molar-refractivity contribution >= 4 is 50.0 Å². The second kappa shape index (κ2) is 8.06. The zero-order chi connectivity index (χ0) is 24.3. The van der Waals surface area contributed by atoms with Crippen LogP contribution < -0.4 is 0 Å². The smallest absolute Gasteiger partial charge is 0.142 e. The van der Waals surface area contributed by atoms with Crippen molar-refractivity contribution in [3.63, 3.8) is 0 Å². The Balaban J connectivity index is 1.53. The number of furan rings is 1. The third-order valence-electron chi connectivity index (χ3n) is 7.20. The van der Waals surface area contributed by atoms with E-state index in [4.69, 9.17) is 4.42 Å². The van der Waals surface area contributed by atoms with Crippen molar-refractivity contribution in [2.24, 2.45) is 0 Å². The van der Waals surface area contributed by atoms with Crippen LogP contribution in [-0.4, -0.2) is 5.11 Å². The predicted octanol–water partition coefficient (Wildman–Crippen LogP) is 8.78. The first kappa shape index (κ1) is 21.4. The lowest BCUT2D eigenvalue weighted by atomic mass is 9.75. The highest BCUT2D eigenvalue weighted by Crippen LogP contribution is 2.47. The first-order valence-electron chi connectivity index (χ1n) is 11.9. The molecular formula is C33H21BrO2. The molecule has 2 nitrogen and oxygen atoms in total. The van der Waals surface area contributed by atoms with Crippen LogP contribution in [0.25, 0.3) is 45.2 Å². The van der Waals surface area contributed by atoms with Crippen molar-refractivity contribution in [3.05, 3.63) is 141 Å². The molecule has 6 aromatic rings. The van der Waals surface area contributed by atoms with E-state index in [-0.39, 0.29) is 0 Å². The first-order chi connectivity index (χ1) is 17.6. The molecule has 0 saturated heterocycles. The SMILES string of the molecule is OC1(c2ccccc2-c2ccc3oc4ccccc4c3c2)c2ccccc2C=Cc2ccc(Br)cc21. The van der Waals surface area contributed by atoms with Crippen molar-refractivity contribution < 1.29 is 9.52 Å². The Hall–Kier alpha value is -3.92. The van der Waals surface area contributed by atoms with Crippen LogP contribution in [0.3, 0.4) is 0 Å². The van der Waals surface area contributed by atoms with Crippen LogP contribution >= 0.6 is 15.9 Å². The summed E-state index contributed by atoms with van der Waals surface area (Å²) in [5.41, 5.74) is 6.92. The minimum absolute atomic E-state index is 0.840. The average Bonchev–Trinajstić information content (AvgIpc) is 3.24. The second-order valence-electron chi connectivity index (χ2n) is 9.22. The van der Waals surface area contributed by atoms with Gasteiger partial charge in [-0.1, -0.05) is 107 Å². The van der Waals surface area contributed by atoms with Gasteiger partial charge in [-0.3, -0.25) is 0 Å². The number of hydrogen-bond donors (Lipinski definition) is 1. The first-order valence-corrected chi connectivity index (χ1v) is 12.7. The summed E-state index contributed by atoms with van der Waals surface area (Å²) in [4.78, 5) is 0. The van der Waals surface area contributed by atoms with Crippen LogP contribution in [-0.2, 0) is 5.60 Å². The van der Waals surface area contributed by atoms with E-state index in [1.165, 1.54) is 0 Å². The highest BCUT2D eigenvalue weighted by atomic mass is 79.9. The number of fused-ring (bicyclic) bond motifs is 5. The van der Waals surface area contributed by atoms with Crippen molar-refractivity contribution in [1.29, 1.82) is 0 Å². The summed E-state index contributed by atoms with van der Waals surface area (Å²) < 4.78 is 7.00. The normalized spacial score (nSPS) is 16.6. The van der Waals surface area contributed by atoms with Gasteiger partial charge in [0, 0.05) is 26.4 Å². The number of aliphatic hydroxyl groups is 1. The Morgan fingerprint density at radius 3 is 2.17 bits per heavy atom. The molecule has 1 heterocycles. The summed E-state index contributed by atoms with van der Waals surface area (Å²) >= 11 is 3.64. The summed E-state index contributed by atoms with van der Waals surface area (Å²) in [6, 6.07) is 36.7. The molecule has 0 aliphatic heterocycles. The van der Waals surface area contributed by atoms with E-state index in [9.17, 15) is 5.11 Å². The van der Waals surface area contributed by atoms with Crippen molar-refractivity contribution in [1.82, 2.24) is 0 Å². The molecule has 7 rings (SSSR count). The molecule has 1 aliphatic rings. The van der Waals surface area contributed by atoms with Crippen molar-refractivity contribution in [2.75, 3.05) is 0 Å². The van der Waals surface area contributed by atoms with Gasteiger partial charge in [-0.25, -0.2) is 0 Å². The van der Waals surface area contributed by atoms with E-state index in [2.05, 4.69) is 64.5 Å². The van der Waals surface area contributed by atoms with Gasteiger partial charge in [0.15, 0.2) is 0 Å². The molecule has 0 saturated carbocycles. The van der Waals surface area contributed by atoms with E-state index in [1.54, 1.807) is 0 Å². The summed E-state index contributed by atoms with van der Waals surface area (Å²) in [7, 11) is 0. The van der Waals surface area contributed by atoms with E-state index in [0.29, 0.717) is 0 Å². The van der Waals surface area contributed by atoms with Gasteiger partial charge < -0.3 is 9.52 Å². The van der Waals surface area contributed by atoms with Crippen molar-refractivity contribution in [2.45, 2.75) is 5.60 Å². The molecule has 36 heavy (non-hydrogen) atoms. The van der Waals surface area contributed by atoms with Gasteiger partial charge in [-0.15, -0.1) is 0 Å². The van der Waals surface area contributed by atoms with Gasteiger partial charge in [0.2, 0.25) is 0 Å². The number of benzene rings is 5. The van der Waals surface area contributed by atoms with E-state index in [1.807, 2.05) is 72.8 Å². The maximum atomic E-state index is 12.9. The zero-order valence-corrected chi connectivity index (χ0v) is 20.9. The molecule has 1 aromatic heterocycles. The van der Waals surface area contributed by atoms with Gasteiger partial charge in [0.25, 0.3) is 0 Å². The summed E-state index contributed by atoms with van der Waals surface area (Å²) in [6.07, 6.45) is 4.18. The van der Waals surface area contributed by atoms with E-state index >= 15 is 0 Å². The molecule has 0 spiro atoms. The molecule has 1 N–H and O–H groups in total. The predicted molar refractivity (Wildman–Crippen MR) is 151 cm³/mol. The van der Waals surface area contributed by atoms with Crippen LogP contribution in [0.5, 0.6) is 0 Å². The monoisotopic (exact) mass is 528 g/mol. The zero-order valence-electron chi connectivity index (χ0n) is 19.3. The standard InChI is InChI=1S/C33H21BrO2/c34-24-17-15-22-14-13-21-7-1-4-10-28(21)33(35,30(22)20-24)29-11-5-2-8-25(29)23-16-18-32-27(19-23)26-9-3-6-12-31(26)36-32/h1-20,35H. The van der Waals surface area contributed by atoms with Crippen LogP contribution in [0, 0.1) is 0 Å². The van der Waals surface area contributed by atoms with Crippen LogP contribution in [0.1, 0.15) is 27.8 Å². The number of rotatable bonds is 2. The molecule has 1 unspecified atom stereocenters.